The molecule has 5 heteroatoms. The summed E-state index contributed by atoms with van der Waals surface area (Å²) >= 11 is 0. The molecule has 5 nitrogen and oxygen atoms in total. The van der Waals surface area contributed by atoms with Crippen molar-refractivity contribution in [1.29, 1.82) is 0 Å². The molecule has 2 amide bonds. The van der Waals surface area contributed by atoms with Gasteiger partial charge in [-0.3, -0.25) is 9.59 Å². The van der Waals surface area contributed by atoms with Crippen LogP contribution in [0.4, 0.5) is 5.69 Å². The van der Waals surface area contributed by atoms with Crippen molar-refractivity contribution in [2.45, 2.75) is 37.1 Å². The van der Waals surface area contributed by atoms with Gasteiger partial charge in [0.2, 0.25) is 11.8 Å². The maximum atomic E-state index is 13.3. The first kappa shape index (κ1) is 17.6. The molecule has 1 saturated heterocycles. The Hall–Kier alpha value is -2.82. The van der Waals surface area contributed by atoms with Crippen LogP contribution in [-0.2, 0) is 15.0 Å². The molecule has 27 heavy (non-hydrogen) atoms. The Morgan fingerprint density at radius 2 is 1.78 bits per heavy atom. The van der Waals surface area contributed by atoms with Crippen molar-refractivity contribution < 1.29 is 14.3 Å². The first-order valence-corrected chi connectivity index (χ1v) is 9.33. The number of methoxy groups -OCH3 is 1. The molecular formula is C22H24N2O3. The molecule has 4 rings (SSSR count). The van der Waals surface area contributed by atoms with Crippen LogP contribution in [0, 0.1) is 0 Å². The topological polar surface area (TPSA) is 58.6 Å². The molecule has 0 spiro atoms. The number of hydrogen-bond acceptors (Lipinski definition) is 3. The van der Waals surface area contributed by atoms with E-state index < -0.39 is 11.0 Å². The summed E-state index contributed by atoms with van der Waals surface area (Å²) in [5.74, 6) is 0.600. The molecule has 0 bridgehead atoms. The van der Waals surface area contributed by atoms with Crippen molar-refractivity contribution >= 4 is 17.5 Å². The summed E-state index contributed by atoms with van der Waals surface area (Å²) in [6, 6.07) is 17.2. The van der Waals surface area contributed by atoms with Crippen LogP contribution < -0.4 is 10.1 Å². The predicted octanol–water partition coefficient (Wildman–Crippen LogP) is 3.36. The van der Waals surface area contributed by atoms with E-state index in [9.17, 15) is 9.59 Å². The summed E-state index contributed by atoms with van der Waals surface area (Å²) in [5, 5.41) is 2.94. The van der Waals surface area contributed by atoms with Gasteiger partial charge in [0.15, 0.2) is 0 Å². The second-order valence-electron chi connectivity index (χ2n) is 7.61. The molecule has 1 saturated carbocycles. The number of carbonyl (C=O) groups excluding carboxylic acids is 2. The zero-order valence-corrected chi connectivity index (χ0v) is 15.7. The molecule has 1 unspecified atom stereocenters. The molecule has 1 atom stereocenters. The van der Waals surface area contributed by atoms with Gasteiger partial charge in [0.1, 0.15) is 11.3 Å². The minimum Gasteiger partial charge on any atom is -0.497 e. The molecule has 2 aromatic carbocycles. The maximum absolute atomic E-state index is 13.3. The van der Waals surface area contributed by atoms with E-state index in [0.29, 0.717) is 24.4 Å². The van der Waals surface area contributed by atoms with E-state index in [1.54, 1.807) is 18.1 Å². The highest BCUT2D eigenvalue weighted by Crippen LogP contribution is 2.51. The van der Waals surface area contributed by atoms with E-state index in [0.717, 1.165) is 18.4 Å². The fourth-order valence-corrected chi connectivity index (χ4v) is 3.85. The Kier molecular flexibility index (Phi) is 4.17. The van der Waals surface area contributed by atoms with Crippen LogP contribution in [0.1, 0.15) is 31.7 Å². The number of anilines is 1. The largest absolute Gasteiger partial charge is 0.497 e. The molecule has 1 N–H and O–H groups in total. The zero-order chi connectivity index (χ0) is 19.1. The summed E-state index contributed by atoms with van der Waals surface area (Å²) in [6.45, 7) is 2.47. The minimum absolute atomic E-state index is 0.0724. The minimum atomic E-state index is -0.815. The van der Waals surface area contributed by atoms with E-state index in [1.807, 2.05) is 55.5 Å². The maximum Gasteiger partial charge on any atom is 0.250 e. The van der Waals surface area contributed by atoms with Gasteiger partial charge >= 0.3 is 0 Å². The lowest BCUT2D eigenvalue weighted by Gasteiger charge is -2.50. The molecule has 1 heterocycles. The summed E-state index contributed by atoms with van der Waals surface area (Å²) in [5.41, 5.74) is 0.463. The highest BCUT2D eigenvalue weighted by molar-refractivity contribution is 6.03. The van der Waals surface area contributed by atoms with E-state index in [4.69, 9.17) is 4.74 Å². The second kappa shape index (κ2) is 6.41. The van der Waals surface area contributed by atoms with Crippen molar-refractivity contribution in [3.05, 3.63) is 60.2 Å². The zero-order valence-electron chi connectivity index (χ0n) is 15.7. The van der Waals surface area contributed by atoms with Gasteiger partial charge in [-0.05, 0) is 43.9 Å². The Labute approximate surface area is 159 Å². The third kappa shape index (κ3) is 2.87. The average Bonchev–Trinajstić information content (AvgIpc) is 3.49. The van der Waals surface area contributed by atoms with E-state index in [-0.39, 0.29) is 11.8 Å². The van der Waals surface area contributed by atoms with E-state index >= 15 is 0 Å². The van der Waals surface area contributed by atoms with E-state index in [1.165, 1.54) is 0 Å². The van der Waals surface area contributed by atoms with Crippen molar-refractivity contribution in [1.82, 2.24) is 4.90 Å². The normalized spacial score (nSPS) is 22.5. The molecule has 140 valence electrons. The number of nitrogens with zero attached hydrogens (tertiary/aromatic N) is 1. The lowest BCUT2D eigenvalue weighted by atomic mass is 9.82. The van der Waals surface area contributed by atoms with Crippen LogP contribution in [0.15, 0.2) is 54.6 Å². The van der Waals surface area contributed by atoms with Crippen LogP contribution in [0.2, 0.25) is 0 Å². The highest BCUT2D eigenvalue weighted by atomic mass is 16.5. The van der Waals surface area contributed by atoms with Gasteiger partial charge in [0.25, 0.3) is 0 Å². The van der Waals surface area contributed by atoms with Crippen molar-refractivity contribution in [3.63, 3.8) is 0 Å². The molecule has 2 aromatic rings. The number of nitrogens with one attached hydrogen (secondary N) is 1. The number of ether oxygens (including phenoxy) is 1. The van der Waals surface area contributed by atoms with Crippen LogP contribution >= 0.6 is 0 Å². The van der Waals surface area contributed by atoms with Crippen LogP contribution in [0.25, 0.3) is 0 Å². The Morgan fingerprint density at radius 3 is 2.37 bits per heavy atom. The van der Waals surface area contributed by atoms with Gasteiger partial charge in [0, 0.05) is 18.3 Å². The van der Waals surface area contributed by atoms with Crippen LogP contribution in [0.5, 0.6) is 5.75 Å². The standard InChI is InChI=1S/C22H24N2O3/c1-21(19(25)23-17-9-6-10-18(15-17)27-2)13-14-24(21)20(26)22(11-12-22)16-7-4-3-5-8-16/h3-10,15H,11-14H2,1-2H3,(H,23,25). The summed E-state index contributed by atoms with van der Waals surface area (Å²) < 4.78 is 5.21. The number of likely N-dealkylation sites (tertiary alicyclic amines) is 1. The van der Waals surface area contributed by atoms with Gasteiger partial charge < -0.3 is 15.0 Å². The quantitative estimate of drug-likeness (QED) is 0.885. The number of benzene rings is 2. The molecule has 1 aliphatic carbocycles. The smallest absolute Gasteiger partial charge is 0.250 e. The van der Waals surface area contributed by atoms with Crippen LogP contribution in [-0.4, -0.2) is 35.9 Å². The fraction of sp³-hybridized carbons (Fsp3) is 0.364. The number of hydrogen-bond donors (Lipinski definition) is 1. The molecule has 0 radical (unpaired) electrons. The molecule has 2 fully saturated rings. The lowest BCUT2D eigenvalue weighted by Crippen LogP contribution is -2.67. The molecule has 0 aromatic heterocycles. The third-order valence-corrected chi connectivity index (χ3v) is 5.97. The van der Waals surface area contributed by atoms with Gasteiger partial charge in [-0.25, -0.2) is 0 Å². The van der Waals surface area contributed by atoms with Crippen molar-refractivity contribution in [3.8, 4) is 5.75 Å². The predicted molar refractivity (Wildman–Crippen MR) is 104 cm³/mol. The summed E-state index contributed by atoms with van der Waals surface area (Å²) in [7, 11) is 1.59. The second-order valence-corrected chi connectivity index (χ2v) is 7.61. The molecule has 1 aliphatic heterocycles. The SMILES string of the molecule is COc1cccc(NC(=O)C2(C)CCN2C(=O)C2(c3ccccc3)CC2)c1. The lowest BCUT2D eigenvalue weighted by molar-refractivity contribution is -0.156. The first-order valence-electron chi connectivity index (χ1n) is 9.33. The van der Waals surface area contributed by atoms with Crippen LogP contribution in [0.3, 0.4) is 0 Å². The number of carbonyl (C=O) groups is 2. The van der Waals surface area contributed by atoms with Gasteiger partial charge in [-0.2, -0.15) is 0 Å². The molecule has 2 aliphatic rings. The number of rotatable bonds is 5. The van der Waals surface area contributed by atoms with E-state index in [2.05, 4.69) is 5.32 Å². The summed E-state index contributed by atoms with van der Waals surface area (Å²) in [4.78, 5) is 28.0. The van der Waals surface area contributed by atoms with Gasteiger partial charge in [-0.15, -0.1) is 0 Å². The van der Waals surface area contributed by atoms with Gasteiger partial charge in [-0.1, -0.05) is 36.4 Å². The fourth-order valence-electron chi connectivity index (χ4n) is 3.85. The number of amides is 2. The molecular weight excluding hydrogens is 340 g/mol. The summed E-state index contributed by atoms with van der Waals surface area (Å²) in [6.07, 6.45) is 2.36. The monoisotopic (exact) mass is 364 g/mol. The highest BCUT2D eigenvalue weighted by Gasteiger charge is 2.59. The average molecular weight is 364 g/mol. The van der Waals surface area contributed by atoms with Crippen molar-refractivity contribution in [2.24, 2.45) is 0 Å². The Balaban J connectivity index is 1.52. The van der Waals surface area contributed by atoms with Crippen molar-refractivity contribution in [2.75, 3.05) is 19.0 Å². The first-order chi connectivity index (χ1) is 13.0. The third-order valence-electron chi connectivity index (χ3n) is 5.97. The van der Waals surface area contributed by atoms with Gasteiger partial charge in [0.05, 0.1) is 12.5 Å². The Bertz CT molecular complexity index is 876. The Morgan fingerprint density at radius 1 is 1.04 bits per heavy atom.